The highest BCUT2D eigenvalue weighted by Crippen LogP contribution is 2.17. The van der Waals surface area contributed by atoms with Gasteiger partial charge in [0.1, 0.15) is 6.61 Å². The number of hydrogen-bond acceptors (Lipinski definition) is 2. The molecule has 0 radical (unpaired) electrons. The van der Waals surface area contributed by atoms with Crippen LogP contribution >= 0.6 is 0 Å². The summed E-state index contributed by atoms with van der Waals surface area (Å²) in [7, 11) is 0. The molecule has 1 aliphatic carbocycles. The minimum absolute atomic E-state index is 0.132. The summed E-state index contributed by atoms with van der Waals surface area (Å²) in [5.74, 6) is -0.132. The monoisotopic (exact) mass is 194 g/mol. The molecule has 0 aliphatic heterocycles. The molecule has 1 aliphatic rings. The van der Waals surface area contributed by atoms with Gasteiger partial charge in [0.2, 0.25) is 0 Å². The third-order valence-corrected chi connectivity index (χ3v) is 2.10. The van der Waals surface area contributed by atoms with E-state index in [2.05, 4.69) is 6.08 Å². The van der Waals surface area contributed by atoms with Crippen molar-refractivity contribution in [3.63, 3.8) is 0 Å². The molecule has 2 heteroatoms. The zero-order valence-electron chi connectivity index (χ0n) is 9.17. The first-order valence-corrected chi connectivity index (χ1v) is 5.02. The van der Waals surface area contributed by atoms with Gasteiger partial charge >= 0.3 is 5.97 Å². The van der Waals surface area contributed by atoms with Gasteiger partial charge in [-0.15, -0.1) is 0 Å². The minimum atomic E-state index is -0.398. The van der Waals surface area contributed by atoms with Crippen molar-refractivity contribution in [1.29, 1.82) is 0 Å². The van der Waals surface area contributed by atoms with Crippen molar-refractivity contribution in [2.75, 3.05) is 6.61 Å². The molecule has 0 amide bonds. The molecular formula is C12H18O2. The van der Waals surface area contributed by atoms with Crippen LogP contribution in [0.1, 0.15) is 33.6 Å². The lowest BCUT2D eigenvalue weighted by Gasteiger charge is -2.17. The van der Waals surface area contributed by atoms with E-state index in [1.165, 1.54) is 5.57 Å². The average Bonchev–Trinajstić information content (AvgIpc) is 2.14. The van der Waals surface area contributed by atoms with E-state index in [1.54, 1.807) is 0 Å². The van der Waals surface area contributed by atoms with Gasteiger partial charge < -0.3 is 4.74 Å². The van der Waals surface area contributed by atoms with E-state index in [0.717, 1.165) is 12.8 Å². The van der Waals surface area contributed by atoms with Crippen molar-refractivity contribution in [2.45, 2.75) is 33.6 Å². The summed E-state index contributed by atoms with van der Waals surface area (Å²) in [5.41, 5.74) is 0.801. The summed E-state index contributed by atoms with van der Waals surface area (Å²) in [6.45, 7) is 6.04. The van der Waals surface area contributed by atoms with Crippen LogP contribution in [0.2, 0.25) is 0 Å². The molecule has 0 heterocycles. The first-order chi connectivity index (χ1) is 6.50. The lowest BCUT2D eigenvalue weighted by molar-refractivity contribution is -0.151. The molecule has 2 nitrogen and oxygen atoms in total. The highest BCUT2D eigenvalue weighted by atomic mass is 16.5. The molecule has 0 fully saturated rings. The van der Waals surface area contributed by atoms with Crippen LogP contribution in [0.3, 0.4) is 0 Å². The summed E-state index contributed by atoms with van der Waals surface area (Å²) in [4.78, 5) is 11.4. The van der Waals surface area contributed by atoms with E-state index in [9.17, 15) is 4.79 Å². The summed E-state index contributed by atoms with van der Waals surface area (Å²) in [5, 5.41) is 0. The molecule has 0 atom stereocenters. The predicted molar refractivity (Wildman–Crippen MR) is 56.9 cm³/mol. The Labute approximate surface area is 85.6 Å². The summed E-state index contributed by atoms with van der Waals surface area (Å²) in [6, 6.07) is 0. The molecule has 0 unspecified atom stereocenters. The predicted octanol–water partition coefficient (Wildman–Crippen LogP) is 2.85. The van der Waals surface area contributed by atoms with Gasteiger partial charge in [0.15, 0.2) is 0 Å². The maximum Gasteiger partial charge on any atom is 0.311 e. The Morgan fingerprint density at radius 1 is 1.50 bits per heavy atom. The van der Waals surface area contributed by atoms with Gasteiger partial charge in [0, 0.05) is 0 Å². The van der Waals surface area contributed by atoms with E-state index in [4.69, 9.17) is 4.74 Å². The number of carbonyl (C=O) groups is 1. The van der Waals surface area contributed by atoms with Crippen molar-refractivity contribution in [2.24, 2.45) is 5.41 Å². The normalized spacial score (nSPS) is 16.4. The molecular weight excluding hydrogens is 176 g/mol. The second kappa shape index (κ2) is 4.45. The van der Waals surface area contributed by atoms with E-state index in [0.29, 0.717) is 6.61 Å². The maximum absolute atomic E-state index is 11.4. The summed E-state index contributed by atoms with van der Waals surface area (Å²) >= 11 is 0. The first-order valence-electron chi connectivity index (χ1n) is 5.02. The van der Waals surface area contributed by atoms with Crippen LogP contribution in [0, 0.1) is 5.41 Å². The van der Waals surface area contributed by atoms with Gasteiger partial charge in [0.25, 0.3) is 0 Å². The number of esters is 1. The number of carbonyl (C=O) groups excluding carboxylic acids is 1. The third kappa shape index (κ3) is 3.36. The van der Waals surface area contributed by atoms with Crippen molar-refractivity contribution >= 4 is 5.97 Å². The molecule has 1 rings (SSSR count). The molecule has 0 aromatic rings. The van der Waals surface area contributed by atoms with Gasteiger partial charge in [-0.2, -0.15) is 0 Å². The van der Waals surface area contributed by atoms with E-state index in [-0.39, 0.29) is 5.97 Å². The smallest absolute Gasteiger partial charge is 0.311 e. The second-order valence-corrected chi connectivity index (χ2v) is 4.62. The zero-order chi connectivity index (χ0) is 10.6. The Morgan fingerprint density at radius 3 is 2.71 bits per heavy atom. The quantitative estimate of drug-likeness (QED) is 0.632. The van der Waals surface area contributed by atoms with E-state index >= 15 is 0 Å². The van der Waals surface area contributed by atoms with Crippen LogP contribution in [-0.4, -0.2) is 12.6 Å². The fourth-order valence-corrected chi connectivity index (χ4v) is 1.15. The van der Waals surface area contributed by atoms with Crippen LogP contribution < -0.4 is 0 Å². The largest absolute Gasteiger partial charge is 0.461 e. The van der Waals surface area contributed by atoms with Crippen molar-refractivity contribution in [3.05, 3.63) is 23.8 Å². The summed E-state index contributed by atoms with van der Waals surface area (Å²) in [6.07, 6.45) is 8.23. The van der Waals surface area contributed by atoms with Crippen LogP contribution in [0.4, 0.5) is 0 Å². The van der Waals surface area contributed by atoms with Crippen LogP contribution in [-0.2, 0) is 9.53 Å². The molecule has 78 valence electrons. The van der Waals surface area contributed by atoms with E-state index in [1.807, 2.05) is 32.9 Å². The Balaban J connectivity index is 2.37. The minimum Gasteiger partial charge on any atom is -0.461 e. The molecule has 0 aromatic carbocycles. The number of hydrogen-bond donors (Lipinski definition) is 0. The van der Waals surface area contributed by atoms with Gasteiger partial charge in [-0.3, -0.25) is 4.79 Å². The maximum atomic E-state index is 11.4. The number of ether oxygens (including phenoxy) is 1. The van der Waals surface area contributed by atoms with Gasteiger partial charge in [0.05, 0.1) is 5.41 Å². The fourth-order valence-electron chi connectivity index (χ4n) is 1.15. The van der Waals surface area contributed by atoms with Gasteiger partial charge in [-0.25, -0.2) is 0 Å². The second-order valence-electron chi connectivity index (χ2n) is 4.62. The Bertz CT molecular complexity index is 267. The van der Waals surface area contributed by atoms with Crippen molar-refractivity contribution in [1.82, 2.24) is 0 Å². The molecule has 14 heavy (non-hydrogen) atoms. The molecule has 0 saturated carbocycles. The Kier molecular flexibility index (Phi) is 3.50. The lowest BCUT2D eigenvalue weighted by Crippen LogP contribution is -2.23. The van der Waals surface area contributed by atoms with E-state index < -0.39 is 5.41 Å². The average molecular weight is 194 g/mol. The Hall–Kier alpha value is -1.05. The standard InChI is InChI=1S/C12H18O2/c1-12(2,3)11(13)14-9-10-7-5-4-6-8-10/h4-5,7H,6,8-9H2,1-3H3. The first kappa shape index (κ1) is 11.0. The fraction of sp³-hybridized carbons (Fsp3) is 0.583. The molecule has 0 N–H and O–H groups in total. The zero-order valence-corrected chi connectivity index (χ0v) is 9.17. The number of rotatable bonds is 2. The van der Waals surface area contributed by atoms with Gasteiger partial charge in [-0.1, -0.05) is 18.2 Å². The highest BCUT2D eigenvalue weighted by Gasteiger charge is 2.23. The summed E-state index contributed by atoms with van der Waals surface area (Å²) < 4.78 is 5.20. The Morgan fingerprint density at radius 2 is 2.21 bits per heavy atom. The number of allylic oxidation sites excluding steroid dienone is 3. The molecule has 0 saturated heterocycles. The lowest BCUT2D eigenvalue weighted by atomic mass is 9.97. The van der Waals surface area contributed by atoms with Crippen molar-refractivity contribution < 1.29 is 9.53 Å². The van der Waals surface area contributed by atoms with Crippen LogP contribution in [0.25, 0.3) is 0 Å². The molecule has 0 spiro atoms. The van der Waals surface area contributed by atoms with Crippen LogP contribution in [0.15, 0.2) is 23.8 Å². The third-order valence-electron chi connectivity index (χ3n) is 2.10. The SMILES string of the molecule is CC(C)(C)C(=O)OCC1=CC=CCC1. The van der Waals surface area contributed by atoms with Crippen LogP contribution in [0.5, 0.6) is 0 Å². The molecule has 0 bridgehead atoms. The molecule has 0 aromatic heterocycles. The highest BCUT2D eigenvalue weighted by molar-refractivity contribution is 5.75. The topological polar surface area (TPSA) is 26.3 Å². The van der Waals surface area contributed by atoms with Crippen molar-refractivity contribution in [3.8, 4) is 0 Å². The van der Waals surface area contributed by atoms with Gasteiger partial charge in [-0.05, 0) is 39.2 Å².